The van der Waals surface area contributed by atoms with Crippen molar-refractivity contribution in [2.75, 3.05) is 26.1 Å². The second-order valence-electron chi connectivity index (χ2n) is 6.06. The van der Waals surface area contributed by atoms with Crippen LogP contribution in [0.15, 0.2) is 18.2 Å². The zero-order chi connectivity index (χ0) is 20.0. The number of esters is 1. The summed E-state index contributed by atoms with van der Waals surface area (Å²) in [4.78, 5) is 27.5. The molecule has 1 aromatic carbocycles. The monoisotopic (exact) mass is 374 g/mol. The highest BCUT2D eigenvalue weighted by Gasteiger charge is 2.19. The fraction of sp³-hybridized carbons (Fsp3) is 0.400. The van der Waals surface area contributed by atoms with Gasteiger partial charge in [-0.15, -0.1) is 0 Å². The van der Waals surface area contributed by atoms with Gasteiger partial charge in [-0.05, 0) is 50.5 Å². The Morgan fingerprint density at radius 3 is 2.52 bits per heavy atom. The summed E-state index contributed by atoms with van der Waals surface area (Å²) in [5.74, 6) is 0.652. The Balaban J connectivity index is 2.07. The van der Waals surface area contributed by atoms with Crippen LogP contribution in [0, 0.1) is 13.8 Å². The highest BCUT2D eigenvalue weighted by atomic mass is 16.5. The molecular formula is C20H26N2O5. The first kappa shape index (κ1) is 20.4. The summed E-state index contributed by atoms with van der Waals surface area (Å²) in [6.07, 6.45) is 0.772. The molecule has 0 saturated heterocycles. The number of amides is 1. The maximum atomic E-state index is 12.4. The molecular weight excluding hydrogens is 348 g/mol. The Hall–Kier alpha value is -2.96. The molecule has 0 radical (unpaired) electrons. The fourth-order valence-corrected chi connectivity index (χ4v) is 2.93. The van der Waals surface area contributed by atoms with Crippen LogP contribution in [0.4, 0.5) is 5.69 Å². The molecule has 2 N–H and O–H groups in total. The number of ether oxygens (including phenoxy) is 3. The quantitative estimate of drug-likeness (QED) is 0.691. The second kappa shape index (κ2) is 9.12. The minimum absolute atomic E-state index is 0.153. The lowest BCUT2D eigenvalue weighted by Crippen LogP contribution is -2.13. The third kappa shape index (κ3) is 4.81. The van der Waals surface area contributed by atoms with Crippen molar-refractivity contribution in [2.45, 2.75) is 33.6 Å². The van der Waals surface area contributed by atoms with E-state index < -0.39 is 0 Å². The number of methoxy groups -OCH3 is 2. The van der Waals surface area contributed by atoms with Crippen LogP contribution >= 0.6 is 0 Å². The predicted octanol–water partition coefficient (Wildman–Crippen LogP) is 3.40. The number of aryl methyl sites for hydroxylation is 1. The van der Waals surface area contributed by atoms with E-state index in [1.165, 1.54) is 0 Å². The summed E-state index contributed by atoms with van der Waals surface area (Å²) in [5, 5.41) is 2.85. The number of benzene rings is 1. The van der Waals surface area contributed by atoms with Crippen molar-refractivity contribution in [3.63, 3.8) is 0 Å². The van der Waals surface area contributed by atoms with E-state index in [1.807, 2.05) is 13.8 Å². The minimum atomic E-state index is -0.380. The Morgan fingerprint density at radius 2 is 1.89 bits per heavy atom. The van der Waals surface area contributed by atoms with Crippen LogP contribution in [0.3, 0.4) is 0 Å². The number of hydrogen-bond donors (Lipinski definition) is 2. The van der Waals surface area contributed by atoms with Crippen molar-refractivity contribution in [2.24, 2.45) is 0 Å². The van der Waals surface area contributed by atoms with Gasteiger partial charge in [0.2, 0.25) is 5.91 Å². The standard InChI is InChI=1S/C20H26N2O5/c1-6-27-20(24)19-12(2)15(13(3)21-19)8-10-18(23)22-16-11-14(25-4)7-9-17(16)26-5/h7,9,11,21H,6,8,10H2,1-5H3,(H,22,23). The molecule has 0 aliphatic rings. The summed E-state index contributed by atoms with van der Waals surface area (Å²) in [6, 6.07) is 5.21. The SMILES string of the molecule is CCOC(=O)c1[nH]c(C)c(CCC(=O)Nc2cc(OC)ccc2OC)c1C. The molecule has 1 heterocycles. The molecule has 0 unspecified atom stereocenters. The highest BCUT2D eigenvalue weighted by molar-refractivity contribution is 5.93. The van der Waals surface area contributed by atoms with Gasteiger partial charge in [0, 0.05) is 18.2 Å². The number of carbonyl (C=O) groups is 2. The van der Waals surface area contributed by atoms with Gasteiger partial charge in [0.1, 0.15) is 17.2 Å². The molecule has 0 aliphatic heterocycles. The lowest BCUT2D eigenvalue weighted by atomic mass is 10.0. The Morgan fingerprint density at radius 1 is 1.15 bits per heavy atom. The molecule has 2 rings (SSSR count). The largest absolute Gasteiger partial charge is 0.497 e. The van der Waals surface area contributed by atoms with Gasteiger partial charge < -0.3 is 24.5 Å². The van der Waals surface area contributed by atoms with E-state index in [9.17, 15) is 9.59 Å². The van der Waals surface area contributed by atoms with Gasteiger partial charge in [0.25, 0.3) is 0 Å². The van der Waals surface area contributed by atoms with E-state index in [0.29, 0.717) is 35.9 Å². The zero-order valence-electron chi connectivity index (χ0n) is 16.4. The molecule has 7 heteroatoms. The maximum absolute atomic E-state index is 12.4. The number of aromatic nitrogens is 1. The van der Waals surface area contributed by atoms with E-state index in [1.54, 1.807) is 39.3 Å². The molecule has 2 aromatic rings. The van der Waals surface area contributed by atoms with Crippen molar-refractivity contribution >= 4 is 17.6 Å². The van der Waals surface area contributed by atoms with Crippen LogP contribution in [-0.4, -0.2) is 37.7 Å². The maximum Gasteiger partial charge on any atom is 0.355 e. The molecule has 0 atom stereocenters. The van der Waals surface area contributed by atoms with Gasteiger partial charge in [0.15, 0.2) is 0 Å². The van der Waals surface area contributed by atoms with E-state index in [2.05, 4.69) is 10.3 Å². The number of anilines is 1. The van der Waals surface area contributed by atoms with E-state index in [0.717, 1.165) is 16.8 Å². The molecule has 1 aromatic heterocycles. The fourth-order valence-electron chi connectivity index (χ4n) is 2.93. The summed E-state index contributed by atoms with van der Waals surface area (Å²) in [7, 11) is 3.10. The van der Waals surface area contributed by atoms with Crippen LogP contribution in [0.25, 0.3) is 0 Å². The van der Waals surface area contributed by atoms with Crippen molar-refractivity contribution in [3.8, 4) is 11.5 Å². The molecule has 0 bridgehead atoms. The normalized spacial score (nSPS) is 10.4. The molecule has 0 spiro atoms. The Kier molecular flexibility index (Phi) is 6.87. The molecule has 1 amide bonds. The van der Waals surface area contributed by atoms with Crippen LogP contribution in [0.5, 0.6) is 11.5 Å². The van der Waals surface area contributed by atoms with Gasteiger partial charge in [0.05, 0.1) is 26.5 Å². The summed E-state index contributed by atoms with van der Waals surface area (Å²) >= 11 is 0. The van der Waals surface area contributed by atoms with Gasteiger partial charge in [-0.25, -0.2) is 4.79 Å². The number of rotatable bonds is 8. The highest BCUT2D eigenvalue weighted by Crippen LogP contribution is 2.29. The van der Waals surface area contributed by atoms with Gasteiger partial charge in [-0.3, -0.25) is 4.79 Å². The van der Waals surface area contributed by atoms with E-state index in [4.69, 9.17) is 14.2 Å². The molecule has 0 fully saturated rings. The smallest absolute Gasteiger partial charge is 0.355 e. The van der Waals surface area contributed by atoms with Crippen molar-refractivity contribution in [3.05, 3.63) is 40.7 Å². The molecule has 146 valence electrons. The van der Waals surface area contributed by atoms with Crippen molar-refractivity contribution in [1.82, 2.24) is 4.98 Å². The van der Waals surface area contributed by atoms with Gasteiger partial charge in [-0.2, -0.15) is 0 Å². The second-order valence-corrected chi connectivity index (χ2v) is 6.06. The molecule has 0 saturated carbocycles. The number of H-pyrrole nitrogens is 1. The first-order valence-electron chi connectivity index (χ1n) is 8.78. The summed E-state index contributed by atoms with van der Waals surface area (Å²) in [5.41, 5.74) is 3.63. The van der Waals surface area contributed by atoms with E-state index >= 15 is 0 Å². The van der Waals surface area contributed by atoms with Crippen molar-refractivity contribution in [1.29, 1.82) is 0 Å². The van der Waals surface area contributed by atoms with Gasteiger partial charge >= 0.3 is 5.97 Å². The molecule has 0 aliphatic carbocycles. The van der Waals surface area contributed by atoms with Crippen LogP contribution in [0.2, 0.25) is 0 Å². The van der Waals surface area contributed by atoms with Crippen LogP contribution < -0.4 is 14.8 Å². The average Bonchev–Trinajstić information content (AvgIpc) is 2.94. The number of aromatic amines is 1. The first-order valence-corrected chi connectivity index (χ1v) is 8.78. The average molecular weight is 374 g/mol. The minimum Gasteiger partial charge on any atom is -0.497 e. The third-order valence-electron chi connectivity index (χ3n) is 4.36. The lowest BCUT2D eigenvalue weighted by Gasteiger charge is -2.12. The first-order chi connectivity index (χ1) is 12.9. The van der Waals surface area contributed by atoms with Gasteiger partial charge in [-0.1, -0.05) is 0 Å². The zero-order valence-corrected chi connectivity index (χ0v) is 16.4. The van der Waals surface area contributed by atoms with Crippen LogP contribution in [-0.2, 0) is 16.0 Å². The molecule has 27 heavy (non-hydrogen) atoms. The topological polar surface area (TPSA) is 89.7 Å². The van der Waals surface area contributed by atoms with E-state index in [-0.39, 0.29) is 18.3 Å². The predicted molar refractivity (Wildman–Crippen MR) is 103 cm³/mol. The number of carbonyl (C=O) groups excluding carboxylic acids is 2. The Labute approximate surface area is 159 Å². The third-order valence-corrected chi connectivity index (χ3v) is 4.36. The molecule has 7 nitrogen and oxygen atoms in total. The summed E-state index contributed by atoms with van der Waals surface area (Å²) < 4.78 is 15.5. The van der Waals surface area contributed by atoms with Crippen molar-refractivity contribution < 1.29 is 23.8 Å². The Bertz CT molecular complexity index is 826. The van der Waals surface area contributed by atoms with Crippen LogP contribution in [0.1, 0.15) is 40.7 Å². The summed E-state index contributed by atoms with van der Waals surface area (Å²) in [6.45, 7) is 5.82. The number of hydrogen-bond acceptors (Lipinski definition) is 5. The lowest BCUT2D eigenvalue weighted by molar-refractivity contribution is -0.116. The number of nitrogens with one attached hydrogen (secondary N) is 2.